The third-order valence-electron chi connectivity index (χ3n) is 4.78. The molecule has 0 fully saturated rings. The second kappa shape index (κ2) is 10.9. The molecular formula is C28H27O3S+. The van der Waals surface area contributed by atoms with Crippen molar-refractivity contribution in [3.63, 3.8) is 0 Å². The van der Waals surface area contributed by atoms with Crippen LogP contribution in [0.15, 0.2) is 124 Å². The van der Waals surface area contributed by atoms with E-state index >= 15 is 0 Å². The smallest absolute Gasteiger partial charge is 0.196 e. The normalized spacial score (nSPS) is 11.8. The average molecular weight is 444 g/mol. The van der Waals surface area contributed by atoms with Crippen molar-refractivity contribution in [3.05, 3.63) is 109 Å². The van der Waals surface area contributed by atoms with Crippen LogP contribution in [0.4, 0.5) is 0 Å². The van der Waals surface area contributed by atoms with E-state index in [4.69, 9.17) is 14.2 Å². The fraction of sp³-hybridized carbons (Fsp3) is 0.143. The lowest BCUT2D eigenvalue weighted by Crippen LogP contribution is -2.15. The summed E-state index contributed by atoms with van der Waals surface area (Å²) in [5.41, 5.74) is 0. The first kappa shape index (κ1) is 22.0. The third kappa shape index (κ3) is 5.72. The molecule has 1 unspecified atom stereocenters. The molecule has 1 atom stereocenters. The first-order chi connectivity index (χ1) is 15.7. The van der Waals surface area contributed by atoms with E-state index in [1.807, 2.05) is 50.2 Å². The molecule has 0 aliphatic heterocycles. The summed E-state index contributed by atoms with van der Waals surface area (Å²) >= 11 is 0. The largest absolute Gasteiger partial charge is 0.465 e. The Balaban J connectivity index is 1.49. The number of hydrogen-bond donors (Lipinski definition) is 0. The highest BCUT2D eigenvalue weighted by Crippen LogP contribution is 2.33. The number of benzene rings is 4. The van der Waals surface area contributed by atoms with Crippen molar-refractivity contribution in [1.29, 1.82) is 0 Å². The van der Waals surface area contributed by atoms with Gasteiger partial charge in [0.25, 0.3) is 0 Å². The molecule has 0 aliphatic carbocycles. The predicted molar refractivity (Wildman–Crippen MR) is 130 cm³/mol. The summed E-state index contributed by atoms with van der Waals surface area (Å²) in [6, 6.07) is 37.2. The van der Waals surface area contributed by atoms with E-state index in [0.717, 1.165) is 17.2 Å². The van der Waals surface area contributed by atoms with Crippen LogP contribution in [0.2, 0.25) is 0 Å². The van der Waals surface area contributed by atoms with Gasteiger partial charge in [0, 0.05) is 6.61 Å². The van der Waals surface area contributed by atoms with Crippen LogP contribution in [-0.2, 0) is 15.6 Å². The van der Waals surface area contributed by atoms with E-state index in [0.29, 0.717) is 6.61 Å². The molecule has 0 N–H and O–H groups in total. The zero-order valence-corrected chi connectivity index (χ0v) is 19.1. The molecule has 0 amide bonds. The minimum Gasteiger partial charge on any atom is -0.465 e. The van der Waals surface area contributed by atoms with Gasteiger partial charge in [-0.3, -0.25) is 0 Å². The lowest BCUT2D eigenvalue weighted by atomic mass is 10.3. The monoisotopic (exact) mass is 443 g/mol. The van der Waals surface area contributed by atoms with E-state index in [-0.39, 0.29) is 17.2 Å². The summed E-state index contributed by atoms with van der Waals surface area (Å²) in [5, 5.41) is 0. The lowest BCUT2D eigenvalue weighted by molar-refractivity contribution is -0.0613. The minimum atomic E-state index is -0.276. The number of rotatable bonds is 9. The Morgan fingerprint density at radius 2 is 1.03 bits per heavy atom. The standard InChI is InChI=1S/C28H27O3S/c1-3-29-22(2)30-23-14-16-24(17-15-23)31-25-18-20-28(21-19-25)32(26-10-6-4-7-11-26)27-12-8-5-9-13-27/h4-22H,3H2,1-2H3/q+1. The van der Waals surface area contributed by atoms with Crippen LogP contribution in [0.3, 0.4) is 0 Å². The maximum absolute atomic E-state index is 6.05. The second-order valence-corrected chi connectivity index (χ2v) is 9.14. The van der Waals surface area contributed by atoms with Crippen molar-refractivity contribution in [1.82, 2.24) is 0 Å². The van der Waals surface area contributed by atoms with Crippen molar-refractivity contribution in [2.24, 2.45) is 0 Å². The van der Waals surface area contributed by atoms with Crippen LogP contribution in [0.25, 0.3) is 0 Å². The fourth-order valence-corrected chi connectivity index (χ4v) is 5.43. The summed E-state index contributed by atoms with van der Waals surface area (Å²) in [5.74, 6) is 2.32. The molecule has 0 radical (unpaired) electrons. The molecule has 4 aromatic carbocycles. The quantitative estimate of drug-likeness (QED) is 0.200. The van der Waals surface area contributed by atoms with Gasteiger partial charge in [-0.15, -0.1) is 0 Å². The van der Waals surface area contributed by atoms with E-state index < -0.39 is 0 Å². The molecule has 0 heterocycles. The summed E-state index contributed by atoms with van der Waals surface area (Å²) < 4.78 is 17.2. The van der Waals surface area contributed by atoms with Gasteiger partial charge in [0.05, 0.1) is 10.9 Å². The zero-order chi connectivity index (χ0) is 22.2. The fourth-order valence-electron chi connectivity index (χ4n) is 3.35. The van der Waals surface area contributed by atoms with E-state index in [2.05, 4.69) is 72.8 Å². The Morgan fingerprint density at radius 1 is 0.594 bits per heavy atom. The van der Waals surface area contributed by atoms with Crippen molar-refractivity contribution >= 4 is 10.9 Å². The minimum absolute atomic E-state index is 0.164. The maximum Gasteiger partial charge on any atom is 0.196 e. The Bertz CT molecular complexity index is 1040. The van der Waals surface area contributed by atoms with Crippen molar-refractivity contribution < 1.29 is 14.2 Å². The van der Waals surface area contributed by atoms with Crippen LogP contribution in [-0.4, -0.2) is 12.9 Å². The van der Waals surface area contributed by atoms with Gasteiger partial charge in [-0.05, 0) is 86.6 Å². The zero-order valence-electron chi connectivity index (χ0n) is 18.3. The maximum atomic E-state index is 6.05. The third-order valence-corrected chi connectivity index (χ3v) is 7.01. The molecule has 32 heavy (non-hydrogen) atoms. The van der Waals surface area contributed by atoms with Crippen LogP contribution >= 0.6 is 0 Å². The van der Waals surface area contributed by atoms with Gasteiger partial charge in [-0.2, -0.15) is 0 Å². The summed E-state index contributed by atoms with van der Waals surface area (Å²) in [6.07, 6.45) is -0.276. The molecule has 162 valence electrons. The van der Waals surface area contributed by atoms with Gasteiger partial charge in [0.2, 0.25) is 0 Å². The molecular weight excluding hydrogens is 416 g/mol. The summed E-state index contributed by atoms with van der Waals surface area (Å²) in [6.45, 7) is 4.45. The molecule has 3 nitrogen and oxygen atoms in total. The topological polar surface area (TPSA) is 27.7 Å². The number of hydrogen-bond acceptors (Lipinski definition) is 3. The first-order valence-corrected chi connectivity index (χ1v) is 12.0. The highest BCUT2D eigenvalue weighted by molar-refractivity contribution is 7.97. The van der Waals surface area contributed by atoms with Gasteiger partial charge < -0.3 is 14.2 Å². The van der Waals surface area contributed by atoms with Gasteiger partial charge >= 0.3 is 0 Å². The van der Waals surface area contributed by atoms with Crippen LogP contribution < -0.4 is 9.47 Å². The Morgan fingerprint density at radius 3 is 1.53 bits per heavy atom. The summed E-state index contributed by atoms with van der Waals surface area (Å²) in [7, 11) is -0.164. The molecule has 4 aromatic rings. The predicted octanol–water partition coefficient (Wildman–Crippen LogP) is 7.34. The molecule has 0 aliphatic rings. The first-order valence-electron chi connectivity index (χ1n) is 10.7. The van der Waals surface area contributed by atoms with Gasteiger partial charge in [0.1, 0.15) is 17.2 Å². The molecule has 4 rings (SSSR count). The van der Waals surface area contributed by atoms with Gasteiger partial charge in [-0.25, -0.2) is 0 Å². The molecule has 4 heteroatoms. The van der Waals surface area contributed by atoms with E-state index in [1.54, 1.807) is 0 Å². The number of ether oxygens (including phenoxy) is 3. The second-order valence-electron chi connectivity index (χ2n) is 7.12. The van der Waals surface area contributed by atoms with Crippen molar-refractivity contribution in [2.75, 3.05) is 6.61 Å². The Hall–Kier alpha value is -3.21. The summed E-state index contributed by atoms with van der Waals surface area (Å²) in [4.78, 5) is 3.84. The highest BCUT2D eigenvalue weighted by Gasteiger charge is 2.28. The van der Waals surface area contributed by atoms with E-state index in [1.165, 1.54) is 14.7 Å². The van der Waals surface area contributed by atoms with E-state index in [9.17, 15) is 0 Å². The highest BCUT2D eigenvalue weighted by atomic mass is 32.2. The molecule has 0 saturated carbocycles. The average Bonchev–Trinajstić information content (AvgIpc) is 2.83. The molecule has 0 aromatic heterocycles. The van der Waals surface area contributed by atoms with Gasteiger partial charge in [0.15, 0.2) is 21.0 Å². The van der Waals surface area contributed by atoms with Crippen molar-refractivity contribution in [2.45, 2.75) is 34.8 Å². The molecule has 0 saturated heterocycles. The Labute approximate surface area is 192 Å². The SMILES string of the molecule is CCOC(C)Oc1ccc(Oc2ccc([S+](c3ccccc3)c3ccccc3)cc2)cc1. The van der Waals surface area contributed by atoms with Gasteiger partial charge in [-0.1, -0.05) is 36.4 Å². The van der Waals surface area contributed by atoms with Crippen LogP contribution in [0, 0.1) is 0 Å². The van der Waals surface area contributed by atoms with Crippen LogP contribution in [0.5, 0.6) is 17.2 Å². The lowest BCUT2D eigenvalue weighted by Gasteiger charge is -2.14. The molecule has 0 bridgehead atoms. The van der Waals surface area contributed by atoms with Crippen LogP contribution in [0.1, 0.15) is 13.8 Å². The molecule has 0 spiro atoms. The Kier molecular flexibility index (Phi) is 7.49. The van der Waals surface area contributed by atoms with Crippen molar-refractivity contribution in [3.8, 4) is 17.2 Å².